The van der Waals surface area contributed by atoms with Gasteiger partial charge in [0, 0.05) is 18.9 Å². The number of hydrogen-bond donors (Lipinski definition) is 2. The lowest BCUT2D eigenvalue weighted by atomic mass is 10.0. The third kappa shape index (κ3) is 5.50. The molecule has 102 valence electrons. The van der Waals surface area contributed by atoms with Gasteiger partial charge in [-0.25, -0.2) is 0 Å². The maximum absolute atomic E-state index is 11.9. The van der Waals surface area contributed by atoms with Gasteiger partial charge in [0.05, 0.1) is 6.92 Å². The first-order chi connectivity index (χ1) is 9.00. The molecule has 1 rings (SSSR count). The summed E-state index contributed by atoms with van der Waals surface area (Å²) in [4.78, 5) is 26.7. The van der Waals surface area contributed by atoms with E-state index < -0.39 is 11.9 Å². The highest BCUT2D eigenvalue weighted by Crippen LogP contribution is 2.02. The fourth-order valence-corrected chi connectivity index (χ4v) is 1.68. The Balaban J connectivity index is 2.42. The standard InChI is InChI=1S/C14H19N3O2/c1-10(2)13(17-11(3)18)14(19)16-9-6-12-4-7-15-8-5-12/h3-5,7-8,10,13H,6,9H2,1-2H3,(H,16,19)(H,17,18). The molecule has 0 fully saturated rings. The zero-order valence-corrected chi connectivity index (χ0v) is 11.2. The monoisotopic (exact) mass is 261 g/mol. The number of rotatable bonds is 6. The number of nitrogens with zero attached hydrogens (tertiary/aromatic N) is 1. The molecule has 0 spiro atoms. The average Bonchev–Trinajstić information content (AvgIpc) is 2.36. The first kappa shape index (κ1) is 15.1. The highest BCUT2D eigenvalue weighted by Gasteiger charge is 2.22. The van der Waals surface area contributed by atoms with Gasteiger partial charge in [0.15, 0.2) is 0 Å². The minimum Gasteiger partial charge on any atom is -0.354 e. The van der Waals surface area contributed by atoms with Crippen LogP contribution in [0, 0.1) is 12.8 Å². The summed E-state index contributed by atoms with van der Waals surface area (Å²) in [5.41, 5.74) is 1.10. The van der Waals surface area contributed by atoms with Gasteiger partial charge in [-0.1, -0.05) is 13.8 Å². The van der Waals surface area contributed by atoms with E-state index in [9.17, 15) is 9.59 Å². The second-order valence-corrected chi connectivity index (χ2v) is 4.63. The molecule has 2 N–H and O–H groups in total. The smallest absolute Gasteiger partial charge is 0.242 e. The van der Waals surface area contributed by atoms with Crippen molar-refractivity contribution in [1.29, 1.82) is 0 Å². The molecule has 0 aliphatic heterocycles. The van der Waals surface area contributed by atoms with Crippen molar-refractivity contribution in [2.24, 2.45) is 5.92 Å². The Bertz CT molecular complexity index is 418. The number of amides is 2. The topological polar surface area (TPSA) is 71.1 Å². The molecule has 1 atom stereocenters. The van der Waals surface area contributed by atoms with Crippen LogP contribution >= 0.6 is 0 Å². The molecule has 0 aliphatic carbocycles. The Labute approximate surface area is 113 Å². The van der Waals surface area contributed by atoms with Crippen LogP contribution in [0.4, 0.5) is 0 Å². The Hall–Kier alpha value is -1.91. The van der Waals surface area contributed by atoms with Crippen molar-refractivity contribution in [2.75, 3.05) is 6.54 Å². The maximum Gasteiger partial charge on any atom is 0.242 e. The summed E-state index contributed by atoms with van der Waals surface area (Å²) in [6.45, 7) is 9.26. The molecule has 0 bridgehead atoms. The van der Waals surface area contributed by atoms with Crippen molar-refractivity contribution in [2.45, 2.75) is 26.3 Å². The lowest BCUT2D eigenvalue weighted by molar-refractivity contribution is -0.128. The van der Waals surface area contributed by atoms with E-state index in [1.807, 2.05) is 26.0 Å². The molecule has 0 saturated carbocycles. The molecular formula is C14H19N3O2. The number of nitrogens with one attached hydrogen (secondary N) is 2. The number of hydrogen-bond acceptors (Lipinski definition) is 3. The number of carbonyl (C=O) groups is 2. The van der Waals surface area contributed by atoms with Gasteiger partial charge < -0.3 is 10.6 Å². The van der Waals surface area contributed by atoms with E-state index in [1.54, 1.807) is 12.4 Å². The molecule has 5 heteroatoms. The van der Waals surface area contributed by atoms with Gasteiger partial charge in [0.1, 0.15) is 6.04 Å². The molecule has 2 amide bonds. The van der Waals surface area contributed by atoms with Gasteiger partial charge in [-0.3, -0.25) is 14.6 Å². The first-order valence-electron chi connectivity index (χ1n) is 6.23. The van der Waals surface area contributed by atoms with E-state index in [4.69, 9.17) is 6.92 Å². The van der Waals surface area contributed by atoms with E-state index >= 15 is 0 Å². The van der Waals surface area contributed by atoms with Crippen LogP contribution in [0.3, 0.4) is 0 Å². The van der Waals surface area contributed by atoms with Crippen molar-refractivity contribution in [3.8, 4) is 0 Å². The highest BCUT2D eigenvalue weighted by molar-refractivity contribution is 5.89. The van der Waals surface area contributed by atoms with E-state index in [-0.39, 0.29) is 11.8 Å². The minimum absolute atomic E-state index is 0.0200. The lowest BCUT2D eigenvalue weighted by Gasteiger charge is -2.20. The number of carbonyl (C=O) groups excluding carboxylic acids is 2. The molecule has 19 heavy (non-hydrogen) atoms. The van der Waals surface area contributed by atoms with Crippen LogP contribution in [0.25, 0.3) is 0 Å². The summed E-state index contributed by atoms with van der Waals surface area (Å²) >= 11 is 0. The normalized spacial score (nSPS) is 12.0. The van der Waals surface area contributed by atoms with Crippen molar-refractivity contribution in [3.63, 3.8) is 0 Å². The van der Waals surface area contributed by atoms with Gasteiger partial charge >= 0.3 is 0 Å². The van der Waals surface area contributed by atoms with Crippen molar-refractivity contribution >= 4 is 11.8 Å². The van der Waals surface area contributed by atoms with Crippen LogP contribution in [0.2, 0.25) is 0 Å². The van der Waals surface area contributed by atoms with Crippen LogP contribution in [-0.4, -0.2) is 29.4 Å². The van der Waals surface area contributed by atoms with E-state index in [1.165, 1.54) is 0 Å². The molecule has 5 nitrogen and oxygen atoms in total. The Kier molecular flexibility index (Phi) is 5.99. The minimum atomic E-state index is -0.692. The van der Waals surface area contributed by atoms with Gasteiger partial charge in [0.2, 0.25) is 11.8 Å². The van der Waals surface area contributed by atoms with Crippen molar-refractivity contribution in [3.05, 3.63) is 37.0 Å². The van der Waals surface area contributed by atoms with Crippen LogP contribution in [0.1, 0.15) is 19.4 Å². The number of pyridine rings is 1. The SMILES string of the molecule is [CH]C(=O)NC(C(=O)NCCc1ccncc1)C(C)C. The van der Waals surface area contributed by atoms with Crippen molar-refractivity contribution < 1.29 is 9.59 Å². The molecule has 0 aromatic carbocycles. The molecule has 1 aromatic heterocycles. The van der Waals surface area contributed by atoms with E-state index in [2.05, 4.69) is 15.6 Å². The molecule has 1 heterocycles. The maximum atomic E-state index is 11.9. The second-order valence-electron chi connectivity index (χ2n) is 4.63. The largest absolute Gasteiger partial charge is 0.354 e. The van der Waals surface area contributed by atoms with Crippen LogP contribution in [0.5, 0.6) is 0 Å². The predicted molar refractivity (Wildman–Crippen MR) is 72.0 cm³/mol. The third-order valence-corrected chi connectivity index (χ3v) is 2.71. The highest BCUT2D eigenvalue weighted by atomic mass is 16.2. The Morgan fingerprint density at radius 2 is 1.95 bits per heavy atom. The molecule has 2 radical (unpaired) electrons. The third-order valence-electron chi connectivity index (χ3n) is 2.71. The quantitative estimate of drug-likeness (QED) is 0.787. The molecule has 1 unspecified atom stereocenters. The van der Waals surface area contributed by atoms with E-state index in [0.29, 0.717) is 6.54 Å². The van der Waals surface area contributed by atoms with Crippen LogP contribution in [0.15, 0.2) is 24.5 Å². The van der Waals surface area contributed by atoms with Crippen LogP contribution < -0.4 is 10.6 Å². The van der Waals surface area contributed by atoms with Gasteiger partial charge in [-0.2, -0.15) is 0 Å². The van der Waals surface area contributed by atoms with Crippen LogP contribution in [-0.2, 0) is 16.0 Å². The molecule has 1 aromatic rings. The summed E-state index contributed by atoms with van der Waals surface area (Å²) in [6.07, 6.45) is 4.14. The summed E-state index contributed by atoms with van der Waals surface area (Å²) in [5, 5.41) is 5.23. The fraction of sp³-hybridized carbons (Fsp3) is 0.429. The summed E-state index contributed by atoms with van der Waals surface area (Å²) < 4.78 is 0. The summed E-state index contributed by atoms with van der Waals surface area (Å²) in [7, 11) is 0. The summed E-state index contributed by atoms with van der Waals surface area (Å²) in [6, 6.07) is 3.19. The molecule has 0 aliphatic rings. The van der Waals surface area contributed by atoms with Crippen molar-refractivity contribution in [1.82, 2.24) is 15.6 Å². The second kappa shape index (κ2) is 7.51. The molecular weight excluding hydrogens is 242 g/mol. The fourth-order valence-electron chi connectivity index (χ4n) is 1.68. The Morgan fingerprint density at radius 3 is 2.47 bits per heavy atom. The first-order valence-corrected chi connectivity index (χ1v) is 6.23. The Morgan fingerprint density at radius 1 is 1.32 bits per heavy atom. The summed E-state index contributed by atoms with van der Waals surface area (Å²) in [5.74, 6) is -0.931. The van der Waals surface area contributed by atoms with E-state index in [0.717, 1.165) is 12.0 Å². The van der Waals surface area contributed by atoms with Gasteiger partial charge in [-0.15, -0.1) is 0 Å². The predicted octanol–water partition coefficient (Wildman–Crippen LogP) is 0.592. The number of aromatic nitrogens is 1. The van der Waals surface area contributed by atoms with Gasteiger partial charge in [-0.05, 0) is 30.0 Å². The average molecular weight is 261 g/mol. The molecule has 0 saturated heterocycles. The zero-order chi connectivity index (χ0) is 14.3. The van der Waals surface area contributed by atoms with Gasteiger partial charge in [0.25, 0.3) is 0 Å². The zero-order valence-electron chi connectivity index (χ0n) is 11.2. The lowest BCUT2D eigenvalue weighted by Crippen LogP contribution is -2.49.